The molecule has 2 aromatic rings. The Labute approximate surface area is 123 Å². The van der Waals surface area contributed by atoms with Gasteiger partial charge in [0, 0.05) is 6.20 Å². The zero-order valence-electron chi connectivity index (χ0n) is 11.8. The summed E-state index contributed by atoms with van der Waals surface area (Å²) < 4.78 is 4.90. The van der Waals surface area contributed by atoms with Crippen LogP contribution < -0.4 is 5.32 Å². The molecule has 5 nitrogen and oxygen atoms in total. The molecular weight excluding hydrogens is 268 g/mol. The molecule has 1 aromatic heterocycles. The Morgan fingerprint density at radius 1 is 1.29 bits per heavy atom. The topological polar surface area (TPSA) is 71.5 Å². The van der Waals surface area contributed by atoms with Crippen LogP contribution in [-0.4, -0.2) is 29.3 Å². The van der Waals surface area contributed by atoms with Gasteiger partial charge in [0.1, 0.15) is 5.82 Å². The van der Waals surface area contributed by atoms with E-state index < -0.39 is 5.97 Å². The van der Waals surface area contributed by atoms with Crippen molar-refractivity contribution in [3.63, 3.8) is 0 Å². The Balaban J connectivity index is 2.07. The number of pyridine rings is 1. The van der Waals surface area contributed by atoms with Crippen molar-refractivity contribution in [2.75, 3.05) is 18.5 Å². The highest BCUT2D eigenvalue weighted by atomic mass is 16.5. The van der Waals surface area contributed by atoms with Gasteiger partial charge in [-0.15, -0.1) is 0 Å². The number of hydrogen-bond acceptors (Lipinski definition) is 5. The van der Waals surface area contributed by atoms with Gasteiger partial charge in [0.25, 0.3) is 0 Å². The molecule has 0 fully saturated rings. The average Bonchev–Trinajstić information content (AvgIpc) is 2.54. The molecular formula is C16H18N2O3. The summed E-state index contributed by atoms with van der Waals surface area (Å²) in [7, 11) is 0. The van der Waals surface area contributed by atoms with Gasteiger partial charge in [-0.05, 0) is 24.6 Å². The second-order valence-electron chi connectivity index (χ2n) is 4.44. The van der Waals surface area contributed by atoms with Gasteiger partial charge in [-0.1, -0.05) is 30.3 Å². The van der Waals surface area contributed by atoms with Crippen LogP contribution in [0.4, 0.5) is 5.82 Å². The molecule has 0 spiro atoms. The molecule has 0 aliphatic heterocycles. The van der Waals surface area contributed by atoms with Crippen LogP contribution in [0, 0.1) is 0 Å². The molecule has 1 atom stereocenters. The first-order valence-electron chi connectivity index (χ1n) is 6.80. The van der Waals surface area contributed by atoms with E-state index >= 15 is 0 Å². The quantitative estimate of drug-likeness (QED) is 0.798. The first kappa shape index (κ1) is 15.0. The summed E-state index contributed by atoms with van der Waals surface area (Å²) >= 11 is 0. The molecule has 0 radical (unpaired) electrons. The van der Waals surface area contributed by atoms with Crippen LogP contribution in [0.1, 0.15) is 28.9 Å². The van der Waals surface area contributed by atoms with Crippen LogP contribution >= 0.6 is 0 Å². The zero-order chi connectivity index (χ0) is 15.1. The fourth-order valence-electron chi connectivity index (χ4n) is 1.91. The van der Waals surface area contributed by atoms with Crippen LogP contribution in [0.2, 0.25) is 0 Å². The first-order chi connectivity index (χ1) is 10.2. The normalized spacial score (nSPS) is 11.7. The number of carbonyl (C=O) groups excluding carboxylic acids is 1. The lowest BCUT2D eigenvalue weighted by Gasteiger charge is -2.17. The number of hydrogen-bond donors (Lipinski definition) is 2. The lowest BCUT2D eigenvalue weighted by atomic mass is 10.1. The lowest BCUT2D eigenvalue weighted by Crippen LogP contribution is -2.15. The van der Waals surface area contributed by atoms with Crippen LogP contribution in [0.3, 0.4) is 0 Å². The average molecular weight is 286 g/mol. The minimum Gasteiger partial charge on any atom is -0.462 e. The van der Waals surface area contributed by atoms with E-state index in [0.717, 1.165) is 5.56 Å². The number of ether oxygens (including phenoxy) is 1. The number of nitrogens with zero attached hydrogens (tertiary/aromatic N) is 1. The third-order valence-corrected chi connectivity index (χ3v) is 2.98. The zero-order valence-corrected chi connectivity index (χ0v) is 11.8. The second kappa shape index (κ2) is 7.40. The van der Waals surface area contributed by atoms with Gasteiger partial charge in [-0.25, -0.2) is 9.78 Å². The monoisotopic (exact) mass is 286 g/mol. The summed E-state index contributed by atoms with van der Waals surface area (Å²) in [5.41, 5.74) is 1.37. The van der Waals surface area contributed by atoms with E-state index in [1.165, 1.54) is 6.20 Å². The van der Waals surface area contributed by atoms with E-state index in [1.54, 1.807) is 19.1 Å². The van der Waals surface area contributed by atoms with Crippen molar-refractivity contribution in [3.8, 4) is 0 Å². The third-order valence-electron chi connectivity index (χ3n) is 2.98. The highest BCUT2D eigenvalue weighted by molar-refractivity contribution is 5.89. The standard InChI is InChI=1S/C16H18N2O3/c1-2-21-16(20)13-8-9-15(17-10-13)18-14(11-19)12-6-4-3-5-7-12/h3-10,14,19H,2,11H2,1H3,(H,17,18). The van der Waals surface area contributed by atoms with Gasteiger partial charge in [-0.3, -0.25) is 0 Å². The fourth-order valence-corrected chi connectivity index (χ4v) is 1.91. The summed E-state index contributed by atoms with van der Waals surface area (Å²) in [5.74, 6) is 0.198. The van der Waals surface area contributed by atoms with E-state index in [9.17, 15) is 9.90 Å². The third kappa shape index (κ3) is 4.03. The maximum atomic E-state index is 11.5. The lowest BCUT2D eigenvalue weighted by molar-refractivity contribution is 0.0526. The number of anilines is 1. The molecule has 5 heteroatoms. The molecule has 2 rings (SSSR count). The van der Waals surface area contributed by atoms with Gasteiger partial charge >= 0.3 is 5.97 Å². The molecule has 0 saturated heterocycles. The smallest absolute Gasteiger partial charge is 0.339 e. The Kier molecular flexibility index (Phi) is 5.29. The van der Waals surface area contributed by atoms with E-state index in [-0.39, 0.29) is 12.6 Å². The Morgan fingerprint density at radius 2 is 2.05 bits per heavy atom. The number of nitrogens with one attached hydrogen (secondary N) is 1. The summed E-state index contributed by atoms with van der Waals surface area (Å²) in [6.07, 6.45) is 1.46. The van der Waals surface area contributed by atoms with Crippen molar-refractivity contribution in [1.29, 1.82) is 0 Å². The van der Waals surface area contributed by atoms with Gasteiger partial charge in [-0.2, -0.15) is 0 Å². The molecule has 0 aliphatic rings. The van der Waals surface area contributed by atoms with Crippen molar-refractivity contribution in [2.45, 2.75) is 13.0 Å². The molecule has 21 heavy (non-hydrogen) atoms. The highest BCUT2D eigenvalue weighted by Gasteiger charge is 2.11. The van der Waals surface area contributed by atoms with Crippen LogP contribution in [-0.2, 0) is 4.74 Å². The molecule has 1 aromatic carbocycles. The van der Waals surface area contributed by atoms with Crippen molar-refractivity contribution in [2.24, 2.45) is 0 Å². The molecule has 0 bridgehead atoms. The van der Waals surface area contributed by atoms with Gasteiger partial charge in [0.05, 0.1) is 24.8 Å². The molecule has 0 saturated carbocycles. The summed E-state index contributed by atoms with van der Waals surface area (Å²) in [6, 6.07) is 12.7. The SMILES string of the molecule is CCOC(=O)c1ccc(NC(CO)c2ccccc2)nc1. The molecule has 0 amide bonds. The minimum atomic E-state index is -0.390. The summed E-state index contributed by atoms with van der Waals surface area (Å²) in [5, 5.41) is 12.6. The maximum Gasteiger partial charge on any atom is 0.339 e. The van der Waals surface area contributed by atoms with E-state index in [1.807, 2.05) is 30.3 Å². The maximum absolute atomic E-state index is 11.5. The van der Waals surface area contributed by atoms with Crippen LogP contribution in [0.25, 0.3) is 0 Å². The van der Waals surface area contributed by atoms with E-state index in [2.05, 4.69) is 10.3 Å². The number of aliphatic hydroxyl groups excluding tert-OH is 1. The van der Waals surface area contributed by atoms with Crippen molar-refractivity contribution in [3.05, 3.63) is 59.8 Å². The largest absolute Gasteiger partial charge is 0.462 e. The minimum absolute atomic E-state index is 0.0503. The number of aliphatic hydroxyl groups is 1. The Morgan fingerprint density at radius 3 is 2.62 bits per heavy atom. The highest BCUT2D eigenvalue weighted by Crippen LogP contribution is 2.17. The van der Waals surface area contributed by atoms with Crippen molar-refractivity contribution >= 4 is 11.8 Å². The fraction of sp³-hybridized carbons (Fsp3) is 0.250. The van der Waals surface area contributed by atoms with Crippen molar-refractivity contribution in [1.82, 2.24) is 4.98 Å². The Hall–Kier alpha value is -2.40. The number of aromatic nitrogens is 1. The predicted octanol–water partition coefficient (Wildman–Crippen LogP) is 2.40. The van der Waals surface area contributed by atoms with Crippen LogP contribution in [0.5, 0.6) is 0 Å². The molecule has 1 heterocycles. The molecule has 110 valence electrons. The molecule has 0 aliphatic carbocycles. The molecule has 1 unspecified atom stereocenters. The first-order valence-corrected chi connectivity index (χ1v) is 6.80. The summed E-state index contributed by atoms with van der Waals surface area (Å²) in [6.45, 7) is 2.04. The van der Waals surface area contributed by atoms with E-state index in [0.29, 0.717) is 18.0 Å². The number of esters is 1. The van der Waals surface area contributed by atoms with Crippen LogP contribution in [0.15, 0.2) is 48.7 Å². The summed E-state index contributed by atoms with van der Waals surface area (Å²) in [4.78, 5) is 15.7. The molecule has 2 N–H and O–H groups in total. The number of rotatable bonds is 6. The second-order valence-corrected chi connectivity index (χ2v) is 4.44. The number of benzene rings is 1. The van der Waals surface area contributed by atoms with E-state index in [4.69, 9.17) is 4.74 Å². The van der Waals surface area contributed by atoms with Gasteiger partial charge < -0.3 is 15.2 Å². The van der Waals surface area contributed by atoms with Gasteiger partial charge in [0.15, 0.2) is 0 Å². The number of carbonyl (C=O) groups is 1. The Bertz CT molecular complexity index is 570. The predicted molar refractivity (Wildman–Crippen MR) is 80.1 cm³/mol. The van der Waals surface area contributed by atoms with Crippen molar-refractivity contribution < 1.29 is 14.6 Å². The van der Waals surface area contributed by atoms with Gasteiger partial charge in [0.2, 0.25) is 0 Å².